The van der Waals surface area contributed by atoms with Crippen molar-refractivity contribution in [2.45, 2.75) is 39.8 Å². The molecule has 1 unspecified atom stereocenters. The number of aromatic nitrogens is 2. The van der Waals surface area contributed by atoms with Crippen molar-refractivity contribution in [3.8, 4) is 0 Å². The van der Waals surface area contributed by atoms with Gasteiger partial charge in [-0.25, -0.2) is 4.98 Å². The van der Waals surface area contributed by atoms with E-state index in [1.165, 1.54) is 17.0 Å². The van der Waals surface area contributed by atoms with Gasteiger partial charge in [-0.15, -0.1) is 11.3 Å². The first kappa shape index (κ1) is 13.3. The molecule has 0 fully saturated rings. The molecule has 0 aliphatic carbocycles. The van der Waals surface area contributed by atoms with Crippen molar-refractivity contribution in [3.63, 3.8) is 0 Å². The lowest BCUT2D eigenvalue weighted by Crippen LogP contribution is -2.21. The van der Waals surface area contributed by atoms with Crippen LogP contribution in [0.4, 0.5) is 0 Å². The fraction of sp³-hybridized carbons (Fsp3) is 0.500. The Hall–Kier alpha value is -1.13. The van der Waals surface area contributed by atoms with E-state index in [0.29, 0.717) is 6.04 Å². The fourth-order valence-electron chi connectivity index (χ4n) is 2.08. The third-order valence-electron chi connectivity index (χ3n) is 3.00. The first-order valence-electron chi connectivity index (χ1n) is 6.50. The highest BCUT2D eigenvalue weighted by molar-refractivity contribution is 7.11. The summed E-state index contributed by atoms with van der Waals surface area (Å²) in [5.41, 5.74) is 1.34. The van der Waals surface area contributed by atoms with Gasteiger partial charge in [0.05, 0.1) is 11.6 Å². The first-order chi connectivity index (χ1) is 8.70. The van der Waals surface area contributed by atoms with Gasteiger partial charge in [0.2, 0.25) is 0 Å². The van der Waals surface area contributed by atoms with Gasteiger partial charge in [-0.1, -0.05) is 6.92 Å². The zero-order valence-corrected chi connectivity index (χ0v) is 12.1. The Morgan fingerprint density at radius 1 is 1.50 bits per heavy atom. The molecule has 2 aromatic heterocycles. The standard InChI is InChI=1S/C14H21N3S/c1-4-7-15-11(2)14-6-5-8-17(14)10-13-9-16-12(3)18-13/h5-6,8-9,11,15H,4,7,10H2,1-3H3. The topological polar surface area (TPSA) is 29.9 Å². The molecule has 0 saturated carbocycles. The minimum Gasteiger partial charge on any atom is -0.345 e. The van der Waals surface area contributed by atoms with Gasteiger partial charge >= 0.3 is 0 Å². The molecular formula is C14H21N3S. The lowest BCUT2D eigenvalue weighted by molar-refractivity contribution is 0.535. The highest BCUT2D eigenvalue weighted by atomic mass is 32.1. The van der Waals surface area contributed by atoms with Gasteiger partial charge in [0, 0.05) is 29.0 Å². The van der Waals surface area contributed by atoms with Crippen LogP contribution in [0.1, 0.15) is 41.9 Å². The molecule has 98 valence electrons. The van der Waals surface area contributed by atoms with Gasteiger partial charge in [0.15, 0.2) is 0 Å². The normalized spacial score (nSPS) is 12.8. The molecule has 0 radical (unpaired) electrons. The Kier molecular flexibility index (Phi) is 4.55. The maximum absolute atomic E-state index is 4.31. The fourth-order valence-corrected chi connectivity index (χ4v) is 2.87. The van der Waals surface area contributed by atoms with Crippen LogP contribution in [0.3, 0.4) is 0 Å². The maximum Gasteiger partial charge on any atom is 0.0897 e. The van der Waals surface area contributed by atoms with E-state index in [1.807, 2.05) is 6.20 Å². The third-order valence-corrected chi connectivity index (χ3v) is 3.90. The number of hydrogen-bond donors (Lipinski definition) is 1. The van der Waals surface area contributed by atoms with Crippen LogP contribution in [0.15, 0.2) is 24.5 Å². The van der Waals surface area contributed by atoms with Crippen LogP contribution in [0.25, 0.3) is 0 Å². The van der Waals surface area contributed by atoms with Crippen molar-refractivity contribution in [1.29, 1.82) is 0 Å². The molecule has 4 heteroatoms. The summed E-state index contributed by atoms with van der Waals surface area (Å²) >= 11 is 1.77. The summed E-state index contributed by atoms with van der Waals surface area (Å²) in [5.74, 6) is 0. The zero-order valence-electron chi connectivity index (χ0n) is 11.3. The molecule has 0 spiro atoms. The second-order valence-electron chi connectivity index (χ2n) is 4.58. The molecule has 0 aliphatic rings. The van der Waals surface area contributed by atoms with Crippen molar-refractivity contribution >= 4 is 11.3 Å². The number of aryl methyl sites for hydroxylation is 1. The van der Waals surface area contributed by atoms with Gasteiger partial charge in [-0.2, -0.15) is 0 Å². The number of rotatable bonds is 6. The average Bonchev–Trinajstić information content (AvgIpc) is 2.96. The van der Waals surface area contributed by atoms with Crippen molar-refractivity contribution in [3.05, 3.63) is 40.1 Å². The van der Waals surface area contributed by atoms with E-state index in [2.05, 4.69) is 54.0 Å². The maximum atomic E-state index is 4.31. The summed E-state index contributed by atoms with van der Waals surface area (Å²) in [7, 11) is 0. The van der Waals surface area contributed by atoms with Crippen LogP contribution in [0.5, 0.6) is 0 Å². The SMILES string of the molecule is CCCNC(C)c1cccn1Cc1cnc(C)s1. The van der Waals surface area contributed by atoms with Crippen molar-refractivity contribution < 1.29 is 0 Å². The van der Waals surface area contributed by atoms with Crippen LogP contribution in [-0.4, -0.2) is 16.1 Å². The molecule has 0 saturated heterocycles. The van der Waals surface area contributed by atoms with E-state index in [1.54, 1.807) is 11.3 Å². The number of nitrogens with one attached hydrogen (secondary N) is 1. The summed E-state index contributed by atoms with van der Waals surface area (Å²) in [6.45, 7) is 8.45. The van der Waals surface area contributed by atoms with Crippen LogP contribution in [-0.2, 0) is 6.54 Å². The minimum absolute atomic E-state index is 0.397. The van der Waals surface area contributed by atoms with Crippen LogP contribution in [0.2, 0.25) is 0 Å². The summed E-state index contributed by atoms with van der Waals surface area (Å²) in [6, 6.07) is 4.71. The molecule has 1 atom stereocenters. The largest absolute Gasteiger partial charge is 0.345 e. The predicted molar refractivity (Wildman–Crippen MR) is 77.1 cm³/mol. The van der Waals surface area contributed by atoms with Crippen LogP contribution in [0, 0.1) is 6.92 Å². The van der Waals surface area contributed by atoms with Gasteiger partial charge in [0.25, 0.3) is 0 Å². The Morgan fingerprint density at radius 3 is 3.00 bits per heavy atom. The van der Waals surface area contributed by atoms with Crippen molar-refractivity contribution in [2.24, 2.45) is 0 Å². The van der Waals surface area contributed by atoms with Gasteiger partial charge in [0.1, 0.15) is 0 Å². The summed E-state index contributed by atoms with van der Waals surface area (Å²) < 4.78 is 2.31. The predicted octanol–water partition coefficient (Wildman–Crippen LogP) is 3.36. The molecule has 0 aliphatic heterocycles. The van der Waals surface area contributed by atoms with E-state index in [0.717, 1.165) is 18.1 Å². The Labute approximate surface area is 113 Å². The number of hydrogen-bond acceptors (Lipinski definition) is 3. The smallest absolute Gasteiger partial charge is 0.0897 e. The van der Waals surface area contributed by atoms with Crippen molar-refractivity contribution in [1.82, 2.24) is 14.9 Å². The van der Waals surface area contributed by atoms with Crippen molar-refractivity contribution in [2.75, 3.05) is 6.54 Å². The monoisotopic (exact) mass is 263 g/mol. The summed E-state index contributed by atoms with van der Waals surface area (Å²) in [5, 5.41) is 4.67. The highest BCUT2D eigenvalue weighted by Crippen LogP contribution is 2.18. The molecule has 0 amide bonds. The highest BCUT2D eigenvalue weighted by Gasteiger charge is 2.10. The van der Waals surface area contributed by atoms with E-state index in [4.69, 9.17) is 0 Å². The van der Waals surface area contributed by atoms with Gasteiger partial charge < -0.3 is 9.88 Å². The average molecular weight is 263 g/mol. The van der Waals surface area contributed by atoms with E-state index in [-0.39, 0.29) is 0 Å². The molecule has 18 heavy (non-hydrogen) atoms. The van der Waals surface area contributed by atoms with E-state index < -0.39 is 0 Å². The van der Waals surface area contributed by atoms with E-state index >= 15 is 0 Å². The van der Waals surface area contributed by atoms with E-state index in [9.17, 15) is 0 Å². The summed E-state index contributed by atoms with van der Waals surface area (Å²) in [4.78, 5) is 5.62. The molecule has 0 aromatic carbocycles. The number of thiazole rings is 1. The lowest BCUT2D eigenvalue weighted by atomic mass is 10.2. The molecule has 0 bridgehead atoms. The van der Waals surface area contributed by atoms with Crippen LogP contribution < -0.4 is 5.32 Å². The Bertz CT molecular complexity index is 487. The molecule has 2 heterocycles. The third kappa shape index (κ3) is 3.21. The van der Waals surface area contributed by atoms with Crippen LogP contribution >= 0.6 is 11.3 Å². The molecule has 3 nitrogen and oxygen atoms in total. The Morgan fingerprint density at radius 2 is 2.33 bits per heavy atom. The quantitative estimate of drug-likeness (QED) is 0.866. The summed E-state index contributed by atoms with van der Waals surface area (Å²) in [6.07, 6.45) is 5.29. The Balaban J connectivity index is 2.07. The first-order valence-corrected chi connectivity index (χ1v) is 7.32. The second-order valence-corrected chi connectivity index (χ2v) is 5.90. The molecule has 2 aromatic rings. The molecular weight excluding hydrogens is 242 g/mol. The second kappa shape index (κ2) is 6.16. The van der Waals surface area contributed by atoms with Gasteiger partial charge in [-0.05, 0) is 38.9 Å². The number of nitrogens with zero attached hydrogens (tertiary/aromatic N) is 2. The lowest BCUT2D eigenvalue weighted by Gasteiger charge is -2.16. The molecule has 2 rings (SSSR count). The van der Waals surface area contributed by atoms with Gasteiger partial charge in [-0.3, -0.25) is 0 Å². The molecule has 1 N–H and O–H groups in total. The zero-order chi connectivity index (χ0) is 13.0. The minimum atomic E-state index is 0.397.